The quantitative estimate of drug-likeness (QED) is 0.460. The fourth-order valence-electron chi connectivity index (χ4n) is 1.59. The Morgan fingerprint density at radius 1 is 1.11 bits per heavy atom. The zero-order chi connectivity index (χ0) is 14.5. The van der Waals surface area contributed by atoms with E-state index in [2.05, 4.69) is 18.8 Å². The molecule has 0 saturated heterocycles. The number of nitrogens with one attached hydrogen (secondary N) is 1. The molecule has 0 aromatic rings. The van der Waals surface area contributed by atoms with E-state index in [1.165, 1.54) is 25.7 Å². The van der Waals surface area contributed by atoms with E-state index in [1.54, 1.807) is 6.92 Å². The monoisotopic (exact) mass is 269 g/mol. The van der Waals surface area contributed by atoms with Crippen LogP contribution < -0.4 is 5.32 Å². The van der Waals surface area contributed by atoms with Gasteiger partial charge in [0.2, 0.25) is 0 Å². The van der Waals surface area contributed by atoms with Gasteiger partial charge >= 0.3 is 6.09 Å². The standard InChI is InChI=1S/C15H27NO3/c1-4-5-6-7-8-9-12-19-15(18)16-11-10-14(17)13(2)3/h2,4-12H2,1,3H3,(H,16,18). The molecule has 0 rings (SSSR count). The molecule has 0 unspecified atom stereocenters. The molecule has 19 heavy (non-hydrogen) atoms. The Bertz CT molecular complexity index is 287. The minimum absolute atomic E-state index is 0.0313. The van der Waals surface area contributed by atoms with Crippen LogP contribution in [0.5, 0.6) is 0 Å². The van der Waals surface area contributed by atoms with Crippen molar-refractivity contribution in [2.45, 2.75) is 58.8 Å². The van der Waals surface area contributed by atoms with E-state index in [1.807, 2.05) is 0 Å². The van der Waals surface area contributed by atoms with Crippen molar-refractivity contribution in [1.82, 2.24) is 5.32 Å². The Balaban J connectivity index is 3.35. The Morgan fingerprint density at radius 3 is 2.37 bits per heavy atom. The topological polar surface area (TPSA) is 55.4 Å². The van der Waals surface area contributed by atoms with E-state index < -0.39 is 6.09 Å². The summed E-state index contributed by atoms with van der Waals surface area (Å²) in [6.07, 6.45) is 6.81. The van der Waals surface area contributed by atoms with Crippen molar-refractivity contribution in [3.8, 4) is 0 Å². The highest BCUT2D eigenvalue weighted by atomic mass is 16.5. The van der Waals surface area contributed by atoms with E-state index >= 15 is 0 Å². The van der Waals surface area contributed by atoms with Gasteiger partial charge in [0.15, 0.2) is 5.78 Å². The van der Waals surface area contributed by atoms with Gasteiger partial charge in [-0.05, 0) is 18.9 Å². The summed E-state index contributed by atoms with van der Waals surface area (Å²) in [5.41, 5.74) is 0.516. The fraction of sp³-hybridized carbons (Fsp3) is 0.733. The Labute approximate surface area is 116 Å². The van der Waals surface area contributed by atoms with Crippen molar-refractivity contribution in [3.05, 3.63) is 12.2 Å². The van der Waals surface area contributed by atoms with Gasteiger partial charge in [0, 0.05) is 13.0 Å². The number of Topliss-reactive ketones (excluding diaryl/α,β-unsaturated/α-hetero) is 1. The molecule has 1 N–H and O–H groups in total. The van der Waals surface area contributed by atoms with Crippen LogP contribution >= 0.6 is 0 Å². The summed E-state index contributed by atoms with van der Waals surface area (Å²) in [5, 5.41) is 2.56. The third-order valence-corrected chi connectivity index (χ3v) is 2.83. The molecule has 0 bridgehead atoms. The van der Waals surface area contributed by atoms with Crippen molar-refractivity contribution in [3.63, 3.8) is 0 Å². The second kappa shape index (κ2) is 11.8. The molecule has 0 aliphatic carbocycles. The molecule has 0 aromatic heterocycles. The summed E-state index contributed by atoms with van der Waals surface area (Å²) in [6, 6.07) is 0. The minimum Gasteiger partial charge on any atom is -0.450 e. The van der Waals surface area contributed by atoms with Crippen LogP contribution in [-0.2, 0) is 9.53 Å². The number of unbranched alkanes of at least 4 members (excludes halogenated alkanes) is 5. The zero-order valence-electron chi connectivity index (χ0n) is 12.3. The first-order chi connectivity index (χ1) is 9.07. The van der Waals surface area contributed by atoms with Crippen LogP contribution in [0, 0.1) is 0 Å². The van der Waals surface area contributed by atoms with Crippen molar-refractivity contribution >= 4 is 11.9 Å². The number of ether oxygens (including phenoxy) is 1. The number of rotatable bonds is 11. The number of ketones is 1. The number of hydrogen-bond donors (Lipinski definition) is 1. The van der Waals surface area contributed by atoms with E-state index in [4.69, 9.17) is 4.74 Å². The number of allylic oxidation sites excluding steroid dienone is 1. The SMILES string of the molecule is C=C(C)C(=O)CCNC(=O)OCCCCCCCC. The third-order valence-electron chi connectivity index (χ3n) is 2.83. The predicted molar refractivity (Wildman–Crippen MR) is 77.2 cm³/mol. The average molecular weight is 269 g/mol. The highest BCUT2D eigenvalue weighted by Gasteiger charge is 2.05. The number of alkyl carbamates (subject to hydrolysis) is 1. The van der Waals surface area contributed by atoms with Gasteiger partial charge in [0.05, 0.1) is 6.61 Å². The maximum absolute atomic E-state index is 11.3. The van der Waals surface area contributed by atoms with Crippen molar-refractivity contribution in [2.24, 2.45) is 0 Å². The molecule has 0 radical (unpaired) electrons. The van der Waals surface area contributed by atoms with Gasteiger partial charge in [-0.2, -0.15) is 0 Å². The van der Waals surface area contributed by atoms with Crippen LogP contribution in [0.3, 0.4) is 0 Å². The fourth-order valence-corrected chi connectivity index (χ4v) is 1.59. The van der Waals surface area contributed by atoms with Crippen molar-refractivity contribution < 1.29 is 14.3 Å². The van der Waals surface area contributed by atoms with Crippen molar-refractivity contribution in [2.75, 3.05) is 13.2 Å². The van der Waals surface area contributed by atoms with Crippen LogP contribution in [0.4, 0.5) is 4.79 Å². The van der Waals surface area contributed by atoms with E-state index in [-0.39, 0.29) is 12.2 Å². The van der Waals surface area contributed by atoms with Gasteiger partial charge in [-0.1, -0.05) is 45.6 Å². The molecule has 0 aliphatic heterocycles. The van der Waals surface area contributed by atoms with Gasteiger partial charge in [-0.3, -0.25) is 4.79 Å². The molecule has 0 spiro atoms. The Morgan fingerprint density at radius 2 is 1.74 bits per heavy atom. The molecule has 0 aromatic carbocycles. The normalized spacial score (nSPS) is 10.0. The molecule has 4 heteroatoms. The van der Waals surface area contributed by atoms with Gasteiger partial charge in [0.25, 0.3) is 0 Å². The van der Waals surface area contributed by atoms with Gasteiger partial charge < -0.3 is 10.1 Å². The van der Waals surface area contributed by atoms with Crippen molar-refractivity contribution in [1.29, 1.82) is 0 Å². The molecule has 0 saturated carbocycles. The number of carbonyl (C=O) groups is 2. The lowest BCUT2D eigenvalue weighted by Crippen LogP contribution is -2.27. The van der Waals surface area contributed by atoms with Gasteiger partial charge in [0.1, 0.15) is 0 Å². The molecule has 0 atom stereocenters. The highest BCUT2D eigenvalue weighted by molar-refractivity contribution is 5.94. The maximum Gasteiger partial charge on any atom is 0.407 e. The molecule has 0 aliphatic rings. The summed E-state index contributed by atoms with van der Waals surface area (Å²) in [5.74, 6) is -0.0313. The van der Waals surface area contributed by atoms with Crippen LogP contribution in [0.25, 0.3) is 0 Å². The summed E-state index contributed by atoms with van der Waals surface area (Å²) in [7, 11) is 0. The van der Waals surface area contributed by atoms with Crippen LogP contribution in [0.2, 0.25) is 0 Å². The minimum atomic E-state index is -0.442. The lowest BCUT2D eigenvalue weighted by molar-refractivity contribution is -0.115. The van der Waals surface area contributed by atoms with E-state index in [0.29, 0.717) is 18.7 Å². The summed E-state index contributed by atoms with van der Waals surface area (Å²) in [4.78, 5) is 22.5. The lowest BCUT2D eigenvalue weighted by Gasteiger charge is -2.06. The van der Waals surface area contributed by atoms with Crippen LogP contribution in [0.1, 0.15) is 58.8 Å². The van der Waals surface area contributed by atoms with Gasteiger partial charge in [-0.25, -0.2) is 4.79 Å². The number of amides is 1. The lowest BCUT2D eigenvalue weighted by atomic mass is 10.1. The Kier molecular flexibility index (Phi) is 10.9. The smallest absolute Gasteiger partial charge is 0.407 e. The molecule has 1 amide bonds. The first-order valence-electron chi connectivity index (χ1n) is 7.17. The predicted octanol–water partition coefficient (Wildman–Crippen LogP) is 3.61. The number of hydrogen-bond acceptors (Lipinski definition) is 3. The molecular formula is C15H27NO3. The Hall–Kier alpha value is -1.32. The largest absolute Gasteiger partial charge is 0.450 e. The first kappa shape index (κ1) is 17.7. The zero-order valence-corrected chi connectivity index (χ0v) is 12.3. The summed E-state index contributed by atoms with van der Waals surface area (Å²) < 4.78 is 5.01. The van der Waals surface area contributed by atoms with E-state index in [0.717, 1.165) is 12.8 Å². The summed E-state index contributed by atoms with van der Waals surface area (Å²) >= 11 is 0. The average Bonchev–Trinajstić information content (AvgIpc) is 2.37. The van der Waals surface area contributed by atoms with Crippen LogP contribution in [0.15, 0.2) is 12.2 Å². The summed E-state index contributed by atoms with van der Waals surface area (Å²) in [6.45, 7) is 8.16. The second-order valence-electron chi connectivity index (χ2n) is 4.78. The van der Waals surface area contributed by atoms with E-state index in [9.17, 15) is 9.59 Å². The van der Waals surface area contributed by atoms with Crippen LogP contribution in [-0.4, -0.2) is 25.0 Å². The number of carbonyl (C=O) groups excluding carboxylic acids is 2. The highest BCUT2D eigenvalue weighted by Crippen LogP contribution is 2.04. The molecule has 4 nitrogen and oxygen atoms in total. The molecule has 0 heterocycles. The third kappa shape index (κ3) is 11.5. The van der Waals surface area contributed by atoms with Gasteiger partial charge in [-0.15, -0.1) is 0 Å². The maximum atomic E-state index is 11.3. The molecular weight excluding hydrogens is 242 g/mol. The molecule has 0 fully saturated rings. The molecule has 110 valence electrons. The first-order valence-corrected chi connectivity index (χ1v) is 7.17. The second-order valence-corrected chi connectivity index (χ2v) is 4.78.